The lowest BCUT2D eigenvalue weighted by molar-refractivity contribution is -0.137. The number of nitrogens with two attached hydrogens (primary N) is 1. The summed E-state index contributed by atoms with van der Waals surface area (Å²) in [4.78, 5) is 0. The van der Waals surface area contributed by atoms with E-state index < -0.39 is 23.2 Å². The van der Waals surface area contributed by atoms with E-state index in [1.165, 1.54) is 0 Å². The highest BCUT2D eigenvalue weighted by molar-refractivity contribution is 5.85. The quantitative estimate of drug-likeness (QED) is 0.556. The largest absolute Gasteiger partial charge is 0.418 e. The van der Waals surface area contributed by atoms with Gasteiger partial charge in [-0.3, -0.25) is 0 Å². The van der Waals surface area contributed by atoms with E-state index in [0.29, 0.717) is 0 Å². The van der Waals surface area contributed by atoms with Gasteiger partial charge < -0.3 is 5.73 Å². The monoisotopic (exact) mass is 251 g/mol. The zero-order valence-corrected chi connectivity index (χ0v) is 8.27. The third kappa shape index (κ3) is 3.23. The highest BCUT2D eigenvalue weighted by Gasteiger charge is 2.33. The normalized spacial score (nSPS) is 10.0. The Morgan fingerprint density at radius 3 is 1.93 bits per heavy atom. The molecule has 0 unspecified atom stereocenters. The molecule has 7 heteroatoms. The van der Waals surface area contributed by atoms with Crippen LogP contribution in [0, 0.1) is 5.82 Å². The van der Waals surface area contributed by atoms with Gasteiger partial charge in [-0.2, -0.15) is 13.2 Å². The summed E-state index contributed by atoms with van der Waals surface area (Å²) in [5, 5.41) is 0. The molecule has 0 bridgehead atoms. The first-order chi connectivity index (χ1) is 5.43. The van der Waals surface area contributed by atoms with Crippen molar-refractivity contribution in [1.82, 2.24) is 0 Å². The smallest absolute Gasteiger partial charge is 0.396 e. The molecule has 0 radical (unpaired) electrons. The Bertz CT molecular complexity index is 300. The van der Waals surface area contributed by atoms with E-state index in [9.17, 15) is 17.6 Å². The molecule has 0 spiro atoms. The van der Waals surface area contributed by atoms with Crippen LogP contribution in [-0.4, -0.2) is 0 Å². The van der Waals surface area contributed by atoms with Crippen LogP contribution in [-0.2, 0) is 6.18 Å². The second kappa shape index (κ2) is 5.26. The lowest BCUT2D eigenvalue weighted by atomic mass is 10.1. The average molecular weight is 252 g/mol. The maximum absolute atomic E-state index is 12.5. The fourth-order valence-electron chi connectivity index (χ4n) is 0.784. The SMILES string of the molecule is Cl.Cl.Nc1c(F)cccc1C(F)(F)F. The molecule has 0 saturated heterocycles. The van der Waals surface area contributed by atoms with E-state index in [4.69, 9.17) is 5.73 Å². The summed E-state index contributed by atoms with van der Waals surface area (Å²) >= 11 is 0. The van der Waals surface area contributed by atoms with Crippen LogP contribution in [0.3, 0.4) is 0 Å². The van der Waals surface area contributed by atoms with Gasteiger partial charge in [-0.15, -0.1) is 24.8 Å². The molecule has 1 aromatic carbocycles. The Morgan fingerprint density at radius 2 is 1.57 bits per heavy atom. The van der Waals surface area contributed by atoms with Crippen LogP contribution < -0.4 is 5.73 Å². The van der Waals surface area contributed by atoms with Gasteiger partial charge in [0, 0.05) is 0 Å². The lowest BCUT2D eigenvalue weighted by Crippen LogP contribution is -2.09. The first-order valence-corrected chi connectivity index (χ1v) is 3.04. The number of alkyl halides is 3. The third-order valence-electron chi connectivity index (χ3n) is 1.36. The van der Waals surface area contributed by atoms with Crippen molar-refractivity contribution in [2.75, 3.05) is 5.73 Å². The van der Waals surface area contributed by atoms with Crippen LogP contribution >= 0.6 is 24.8 Å². The van der Waals surface area contributed by atoms with E-state index in [1.54, 1.807) is 0 Å². The number of nitrogen functional groups attached to an aromatic ring is 1. The van der Waals surface area contributed by atoms with Gasteiger partial charge in [0.2, 0.25) is 0 Å². The Morgan fingerprint density at radius 1 is 1.07 bits per heavy atom. The molecule has 0 fully saturated rings. The molecule has 0 saturated carbocycles. The molecule has 1 rings (SSSR count). The van der Waals surface area contributed by atoms with Crippen LogP contribution in [0.5, 0.6) is 0 Å². The standard InChI is InChI=1S/C7H5F4N.2ClH/c8-5-3-1-2-4(6(5)12)7(9,10)11;;/h1-3H,12H2;2*1H. The summed E-state index contributed by atoms with van der Waals surface area (Å²) in [7, 11) is 0. The predicted molar refractivity (Wildman–Crippen MR) is 50.3 cm³/mol. The Kier molecular flexibility index (Phi) is 5.93. The minimum Gasteiger partial charge on any atom is -0.396 e. The summed E-state index contributed by atoms with van der Waals surface area (Å²) in [6.07, 6.45) is -4.59. The molecule has 0 heterocycles. The summed E-state index contributed by atoms with van der Waals surface area (Å²) in [5.74, 6) is -1.05. The van der Waals surface area contributed by atoms with Gasteiger partial charge in [-0.1, -0.05) is 6.07 Å². The van der Waals surface area contributed by atoms with Gasteiger partial charge in [-0.05, 0) is 12.1 Å². The van der Waals surface area contributed by atoms with Crippen molar-refractivity contribution in [3.05, 3.63) is 29.6 Å². The number of para-hydroxylation sites is 1. The van der Waals surface area contributed by atoms with E-state index in [2.05, 4.69) is 0 Å². The molecule has 82 valence electrons. The van der Waals surface area contributed by atoms with Gasteiger partial charge in [0.25, 0.3) is 0 Å². The van der Waals surface area contributed by atoms with Gasteiger partial charge in [-0.25, -0.2) is 4.39 Å². The van der Waals surface area contributed by atoms with E-state index in [0.717, 1.165) is 18.2 Å². The Balaban J connectivity index is 0. The molecule has 0 aliphatic heterocycles. The fraction of sp³-hybridized carbons (Fsp3) is 0.143. The minimum atomic E-state index is -4.59. The molecule has 14 heavy (non-hydrogen) atoms. The maximum Gasteiger partial charge on any atom is 0.418 e. The molecule has 1 aromatic rings. The maximum atomic E-state index is 12.5. The lowest BCUT2D eigenvalue weighted by Gasteiger charge is -2.09. The Labute approximate surface area is 90.1 Å². The summed E-state index contributed by atoms with van der Waals surface area (Å²) in [6, 6.07) is 2.58. The van der Waals surface area contributed by atoms with Gasteiger partial charge >= 0.3 is 6.18 Å². The summed E-state index contributed by atoms with van der Waals surface area (Å²) < 4.78 is 48.4. The van der Waals surface area contributed by atoms with Crippen LogP contribution in [0.1, 0.15) is 5.56 Å². The van der Waals surface area contributed by atoms with Crippen molar-refractivity contribution in [2.24, 2.45) is 0 Å². The third-order valence-corrected chi connectivity index (χ3v) is 1.36. The predicted octanol–water partition coefficient (Wildman–Crippen LogP) is 3.27. The molecular formula is C7H7Cl2F4N. The van der Waals surface area contributed by atoms with Crippen molar-refractivity contribution >= 4 is 30.5 Å². The fourth-order valence-corrected chi connectivity index (χ4v) is 0.784. The van der Waals surface area contributed by atoms with Crippen molar-refractivity contribution < 1.29 is 17.6 Å². The highest BCUT2D eigenvalue weighted by Crippen LogP contribution is 2.34. The molecule has 0 amide bonds. The van der Waals surface area contributed by atoms with E-state index >= 15 is 0 Å². The van der Waals surface area contributed by atoms with Crippen molar-refractivity contribution in [1.29, 1.82) is 0 Å². The van der Waals surface area contributed by atoms with Crippen LogP contribution in [0.25, 0.3) is 0 Å². The molecular weight excluding hydrogens is 245 g/mol. The highest BCUT2D eigenvalue weighted by atomic mass is 35.5. The summed E-state index contributed by atoms with van der Waals surface area (Å²) in [5.41, 5.74) is 2.88. The topological polar surface area (TPSA) is 26.0 Å². The average Bonchev–Trinajstić information content (AvgIpc) is 1.92. The van der Waals surface area contributed by atoms with Gasteiger partial charge in [0.05, 0.1) is 11.3 Å². The number of hydrogen-bond donors (Lipinski definition) is 1. The number of hydrogen-bond acceptors (Lipinski definition) is 1. The van der Waals surface area contributed by atoms with E-state index in [-0.39, 0.29) is 24.8 Å². The molecule has 0 atom stereocenters. The second-order valence-electron chi connectivity index (χ2n) is 2.20. The molecule has 2 N–H and O–H groups in total. The molecule has 1 nitrogen and oxygen atoms in total. The molecule has 0 aromatic heterocycles. The van der Waals surface area contributed by atoms with Crippen molar-refractivity contribution in [3.8, 4) is 0 Å². The van der Waals surface area contributed by atoms with Crippen LogP contribution in [0.15, 0.2) is 18.2 Å². The Hall–Kier alpha value is -0.680. The van der Waals surface area contributed by atoms with Crippen LogP contribution in [0.4, 0.5) is 23.2 Å². The summed E-state index contributed by atoms with van der Waals surface area (Å²) in [6.45, 7) is 0. The molecule has 0 aliphatic carbocycles. The van der Waals surface area contributed by atoms with Crippen LogP contribution in [0.2, 0.25) is 0 Å². The number of halogens is 6. The van der Waals surface area contributed by atoms with E-state index in [1.807, 2.05) is 0 Å². The van der Waals surface area contributed by atoms with Gasteiger partial charge in [0.1, 0.15) is 5.82 Å². The minimum absolute atomic E-state index is 0. The second-order valence-corrected chi connectivity index (χ2v) is 2.20. The van der Waals surface area contributed by atoms with Gasteiger partial charge in [0.15, 0.2) is 0 Å². The number of anilines is 1. The van der Waals surface area contributed by atoms with Crippen molar-refractivity contribution in [3.63, 3.8) is 0 Å². The number of benzene rings is 1. The molecule has 0 aliphatic rings. The first-order valence-electron chi connectivity index (χ1n) is 3.04. The zero-order chi connectivity index (χ0) is 9.35. The zero-order valence-electron chi connectivity index (χ0n) is 6.64. The van der Waals surface area contributed by atoms with Crippen molar-refractivity contribution in [2.45, 2.75) is 6.18 Å². The first kappa shape index (κ1) is 15.8. The number of rotatable bonds is 0.